The molecule has 2 aliphatic heterocycles. The highest BCUT2D eigenvalue weighted by molar-refractivity contribution is 5.79. The number of nitrogens with zero attached hydrogens (tertiary/aromatic N) is 1. The summed E-state index contributed by atoms with van der Waals surface area (Å²) in [5, 5.41) is 3.45. The second kappa shape index (κ2) is 6.05. The highest BCUT2D eigenvalue weighted by Gasteiger charge is 2.38. The molecular weight excluding hydrogens is 248 g/mol. The maximum atomic E-state index is 12.7. The molecule has 1 amide bonds. The number of rotatable bonds is 1. The van der Waals surface area contributed by atoms with Gasteiger partial charge in [-0.25, -0.2) is 0 Å². The number of nitrogens with one attached hydrogen (secondary N) is 1. The minimum absolute atomic E-state index is 0.284. The van der Waals surface area contributed by atoms with Gasteiger partial charge in [-0.1, -0.05) is 19.3 Å². The number of piperidine rings is 2. The molecule has 20 heavy (non-hydrogen) atoms. The van der Waals surface area contributed by atoms with E-state index in [-0.39, 0.29) is 5.92 Å². The lowest BCUT2D eigenvalue weighted by Gasteiger charge is -2.45. The lowest BCUT2D eigenvalue weighted by Crippen LogP contribution is -2.48. The summed E-state index contributed by atoms with van der Waals surface area (Å²) in [5.41, 5.74) is 0.608. The Morgan fingerprint density at radius 2 is 1.80 bits per heavy atom. The van der Waals surface area contributed by atoms with E-state index in [9.17, 15) is 4.79 Å². The van der Waals surface area contributed by atoms with Crippen LogP contribution in [0.15, 0.2) is 0 Å². The van der Waals surface area contributed by atoms with Crippen LogP contribution in [0.5, 0.6) is 0 Å². The summed E-state index contributed by atoms with van der Waals surface area (Å²) < 4.78 is 0. The van der Waals surface area contributed by atoms with Crippen LogP contribution in [0.2, 0.25) is 0 Å². The van der Waals surface area contributed by atoms with Crippen molar-refractivity contribution < 1.29 is 4.79 Å². The Morgan fingerprint density at radius 3 is 2.45 bits per heavy atom. The summed E-state index contributed by atoms with van der Waals surface area (Å²) in [4.78, 5) is 14.9. The zero-order valence-corrected chi connectivity index (χ0v) is 13.0. The third kappa shape index (κ3) is 3.03. The molecule has 3 rings (SSSR count). The predicted molar refractivity (Wildman–Crippen MR) is 81.5 cm³/mol. The Balaban J connectivity index is 1.53. The predicted octanol–water partition coefficient (Wildman–Crippen LogP) is 2.95. The number of hydrogen-bond acceptors (Lipinski definition) is 2. The van der Waals surface area contributed by atoms with E-state index in [0.717, 1.165) is 32.5 Å². The van der Waals surface area contributed by atoms with Crippen molar-refractivity contribution in [2.75, 3.05) is 19.6 Å². The lowest BCUT2D eigenvalue weighted by molar-refractivity contribution is -0.139. The van der Waals surface area contributed by atoms with E-state index in [1.807, 2.05) is 0 Å². The molecule has 1 aliphatic carbocycles. The van der Waals surface area contributed by atoms with Crippen LogP contribution < -0.4 is 5.32 Å². The molecule has 0 unspecified atom stereocenters. The molecule has 0 bridgehead atoms. The summed E-state index contributed by atoms with van der Waals surface area (Å²) in [6.07, 6.45) is 11.7. The summed E-state index contributed by atoms with van der Waals surface area (Å²) in [7, 11) is 0. The second-order valence-electron chi connectivity index (χ2n) is 7.46. The van der Waals surface area contributed by atoms with Crippen molar-refractivity contribution in [3.05, 3.63) is 0 Å². The van der Waals surface area contributed by atoms with Crippen molar-refractivity contribution in [1.29, 1.82) is 0 Å². The number of amides is 1. The van der Waals surface area contributed by atoms with Gasteiger partial charge in [-0.05, 0) is 57.4 Å². The van der Waals surface area contributed by atoms with E-state index in [1.165, 1.54) is 44.9 Å². The Morgan fingerprint density at radius 1 is 1.10 bits per heavy atom. The quantitative estimate of drug-likeness (QED) is 0.800. The van der Waals surface area contributed by atoms with Crippen LogP contribution in [0.1, 0.15) is 64.7 Å². The summed E-state index contributed by atoms with van der Waals surface area (Å²) >= 11 is 0. The highest BCUT2D eigenvalue weighted by Crippen LogP contribution is 2.44. The first kappa shape index (κ1) is 14.4. The van der Waals surface area contributed by atoms with E-state index in [0.29, 0.717) is 17.4 Å². The van der Waals surface area contributed by atoms with Gasteiger partial charge in [0.15, 0.2) is 0 Å². The van der Waals surface area contributed by atoms with Crippen LogP contribution in [-0.2, 0) is 4.79 Å². The zero-order valence-electron chi connectivity index (χ0n) is 13.0. The van der Waals surface area contributed by atoms with Crippen molar-refractivity contribution in [1.82, 2.24) is 10.2 Å². The summed E-state index contributed by atoms with van der Waals surface area (Å²) in [5.74, 6) is 0.732. The van der Waals surface area contributed by atoms with Crippen molar-refractivity contribution in [3.63, 3.8) is 0 Å². The Hall–Kier alpha value is -0.570. The number of hydrogen-bond donors (Lipinski definition) is 1. The van der Waals surface area contributed by atoms with Gasteiger partial charge in [-0.15, -0.1) is 0 Å². The molecule has 3 fully saturated rings. The van der Waals surface area contributed by atoms with E-state index >= 15 is 0 Å². The SMILES string of the molecule is C[C@H]1C[C@@H](C(=O)N2CCC3(CCCCC3)CC2)CCN1. The summed E-state index contributed by atoms with van der Waals surface area (Å²) in [6.45, 7) is 5.26. The van der Waals surface area contributed by atoms with E-state index in [2.05, 4.69) is 17.1 Å². The number of carbonyl (C=O) groups is 1. The third-order valence-corrected chi connectivity index (χ3v) is 6.02. The first-order valence-electron chi connectivity index (χ1n) is 8.71. The normalized spacial score (nSPS) is 34.1. The Labute approximate surface area is 123 Å². The maximum absolute atomic E-state index is 12.7. The van der Waals surface area contributed by atoms with E-state index in [4.69, 9.17) is 0 Å². The highest BCUT2D eigenvalue weighted by atomic mass is 16.2. The van der Waals surface area contributed by atoms with Crippen LogP contribution in [0.25, 0.3) is 0 Å². The van der Waals surface area contributed by atoms with Crippen molar-refractivity contribution in [2.45, 2.75) is 70.8 Å². The van der Waals surface area contributed by atoms with Gasteiger partial charge in [0.1, 0.15) is 0 Å². The molecule has 0 aromatic carbocycles. The molecule has 1 saturated carbocycles. The molecule has 0 aromatic rings. The van der Waals surface area contributed by atoms with Crippen LogP contribution in [0.4, 0.5) is 0 Å². The van der Waals surface area contributed by atoms with Gasteiger partial charge >= 0.3 is 0 Å². The van der Waals surface area contributed by atoms with Crippen molar-refractivity contribution in [3.8, 4) is 0 Å². The summed E-state index contributed by atoms with van der Waals surface area (Å²) in [6, 6.07) is 0.507. The molecule has 114 valence electrons. The molecule has 3 aliphatic rings. The van der Waals surface area contributed by atoms with Gasteiger partial charge in [0, 0.05) is 25.0 Å². The van der Waals surface area contributed by atoms with Crippen molar-refractivity contribution >= 4 is 5.91 Å². The van der Waals surface area contributed by atoms with Gasteiger partial charge in [-0.2, -0.15) is 0 Å². The molecule has 3 nitrogen and oxygen atoms in total. The van der Waals surface area contributed by atoms with Gasteiger partial charge in [-0.3, -0.25) is 4.79 Å². The van der Waals surface area contributed by atoms with Gasteiger partial charge in [0.25, 0.3) is 0 Å². The molecule has 0 aromatic heterocycles. The molecule has 2 heterocycles. The number of carbonyl (C=O) groups excluding carboxylic acids is 1. The van der Waals surface area contributed by atoms with Gasteiger partial charge in [0.2, 0.25) is 5.91 Å². The first-order chi connectivity index (χ1) is 9.69. The van der Waals surface area contributed by atoms with Gasteiger partial charge < -0.3 is 10.2 Å². The smallest absolute Gasteiger partial charge is 0.225 e. The number of likely N-dealkylation sites (tertiary alicyclic amines) is 1. The fourth-order valence-corrected chi connectivity index (χ4v) is 4.62. The molecule has 2 atom stereocenters. The van der Waals surface area contributed by atoms with E-state index in [1.54, 1.807) is 0 Å². The molecule has 1 spiro atoms. The minimum Gasteiger partial charge on any atom is -0.342 e. The van der Waals surface area contributed by atoms with Gasteiger partial charge in [0.05, 0.1) is 0 Å². The minimum atomic E-state index is 0.284. The molecule has 3 heteroatoms. The standard InChI is InChI=1S/C17H30N2O/c1-14-13-15(5-10-18-14)16(20)19-11-8-17(9-12-19)6-3-2-4-7-17/h14-15,18H,2-13H2,1H3/t14-,15-/m0/s1. The van der Waals surface area contributed by atoms with Crippen LogP contribution >= 0.6 is 0 Å². The fraction of sp³-hybridized carbons (Fsp3) is 0.941. The largest absolute Gasteiger partial charge is 0.342 e. The maximum Gasteiger partial charge on any atom is 0.225 e. The molecule has 0 radical (unpaired) electrons. The topological polar surface area (TPSA) is 32.3 Å². The van der Waals surface area contributed by atoms with Crippen LogP contribution in [0, 0.1) is 11.3 Å². The molecule has 2 saturated heterocycles. The van der Waals surface area contributed by atoms with Crippen LogP contribution in [0.3, 0.4) is 0 Å². The monoisotopic (exact) mass is 278 g/mol. The fourth-order valence-electron chi connectivity index (χ4n) is 4.62. The first-order valence-corrected chi connectivity index (χ1v) is 8.71. The average molecular weight is 278 g/mol. The second-order valence-corrected chi connectivity index (χ2v) is 7.46. The lowest BCUT2D eigenvalue weighted by atomic mass is 9.68. The molecular formula is C17H30N2O. The Bertz CT molecular complexity index is 339. The van der Waals surface area contributed by atoms with Crippen LogP contribution in [-0.4, -0.2) is 36.5 Å². The average Bonchev–Trinajstić information content (AvgIpc) is 2.48. The van der Waals surface area contributed by atoms with E-state index < -0.39 is 0 Å². The molecule has 1 N–H and O–H groups in total. The third-order valence-electron chi connectivity index (χ3n) is 6.02. The zero-order chi connectivity index (χ0) is 14.0. The van der Waals surface area contributed by atoms with Crippen molar-refractivity contribution in [2.24, 2.45) is 11.3 Å². The Kier molecular flexibility index (Phi) is 4.34.